The molecule has 0 saturated heterocycles. The Morgan fingerprint density at radius 1 is 0.906 bits per heavy atom. The second-order valence-electron chi connectivity index (χ2n) is 7.98. The predicted octanol–water partition coefficient (Wildman–Crippen LogP) is 3.76. The van der Waals surface area contributed by atoms with Crippen molar-refractivity contribution in [1.29, 1.82) is 0 Å². The van der Waals surface area contributed by atoms with Gasteiger partial charge in [-0.05, 0) is 68.3 Å². The number of rotatable bonds is 3. The molecule has 6 heteroatoms. The van der Waals surface area contributed by atoms with Crippen molar-refractivity contribution < 1.29 is 9.90 Å². The number of amides is 1. The van der Waals surface area contributed by atoms with Gasteiger partial charge in [-0.2, -0.15) is 0 Å². The summed E-state index contributed by atoms with van der Waals surface area (Å²) in [6.07, 6.45) is 0. The largest absolute Gasteiger partial charge is 0.493 e. The van der Waals surface area contributed by atoms with E-state index in [1.54, 1.807) is 4.57 Å². The van der Waals surface area contributed by atoms with Gasteiger partial charge in [0.15, 0.2) is 4.80 Å². The van der Waals surface area contributed by atoms with Gasteiger partial charge in [0, 0.05) is 5.22 Å². The van der Waals surface area contributed by atoms with Crippen molar-refractivity contribution >= 4 is 28.5 Å². The van der Waals surface area contributed by atoms with Crippen molar-refractivity contribution in [3.63, 3.8) is 0 Å². The first kappa shape index (κ1) is 20.2. The highest BCUT2D eigenvalue weighted by molar-refractivity contribution is 7.11. The summed E-state index contributed by atoms with van der Waals surface area (Å²) in [4.78, 5) is 22.9. The van der Waals surface area contributed by atoms with Crippen LogP contribution in [0.2, 0.25) is 0 Å². The molecular weight excluding hydrogens is 418 g/mol. The predicted molar refractivity (Wildman–Crippen MR) is 126 cm³/mol. The Kier molecular flexibility index (Phi) is 4.87. The topological polar surface area (TPSA) is 66.9 Å². The van der Waals surface area contributed by atoms with Gasteiger partial charge in [-0.3, -0.25) is 9.36 Å². The standard InChI is InChI=1S/C26H21N3O2S/c1-15-6-4-8-18(12-15)27-26-29(19-9-5-7-16(2)13-19)25(31)23(32-26)22-20-14-17(3)10-11-21(20)28-24(22)30/h4-14,31H,1-3H3. The molecule has 0 radical (unpaired) electrons. The van der Waals surface area contributed by atoms with Crippen molar-refractivity contribution in [2.45, 2.75) is 20.8 Å². The summed E-state index contributed by atoms with van der Waals surface area (Å²) < 4.78 is 1.70. The summed E-state index contributed by atoms with van der Waals surface area (Å²) in [5.74, 6) is -0.361. The number of aromatic hydroxyl groups is 1. The maximum atomic E-state index is 12.9. The molecule has 1 aromatic heterocycles. The maximum Gasteiger partial charge on any atom is 0.279 e. The van der Waals surface area contributed by atoms with Crippen LogP contribution in [0, 0.1) is 20.8 Å². The summed E-state index contributed by atoms with van der Waals surface area (Å²) in [6, 6.07) is 21.4. The Balaban J connectivity index is 1.85. The molecule has 0 spiro atoms. The average Bonchev–Trinajstić information content (AvgIpc) is 3.23. The van der Waals surface area contributed by atoms with E-state index in [4.69, 9.17) is 4.99 Å². The molecule has 0 atom stereocenters. The molecule has 4 aromatic rings. The van der Waals surface area contributed by atoms with E-state index in [1.807, 2.05) is 87.5 Å². The van der Waals surface area contributed by atoms with E-state index in [1.165, 1.54) is 11.3 Å². The van der Waals surface area contributed by atoms with Gasteiger partial charge in [-0.15, -0.1) is 0 Å². The van der Waals surface area contributed by atoms with Crippen molar-refractivity contribution in [3.05, 3.63) is 104 Å². The minimum atomic E-state index is -0.347. The van der Waals surface area contributed by atoms with Crippen LogP contribution >= 0.6 is 11.3 Å². The van der Waals surface area contributed by atoms with Gasteiger partial charge in [-0.1, -0.05) is 47.2 Å². The lowest BCUT2D eigenvalue weighted by Crippen LogP contribution is -2.23. The zero-order valence-corrected chi connectivity index (χ0v) is 18.8. The van der Waals surface area contributed by atoms with Gasteiger partial charge in [0.1, 0.15) is 4.88 Å². The third-order valence-corrected chi connectivity index (χ3v) is 6.42. The van der Waals surface area contributed by atoms with Crippen molar-refractivity contribution in [3.8, 4) is 11.6 Å². The molecule has 1 aliphatic heterocycles. The molecule has 32 heavy (non-hydrogen) atoms. The van der Waals surface area contributed by atoms with E-state index >= 15 is 0 Å². The SMILES string of the molecule is Cc1cccc(N=c2sc(C3=c4cc(C)ccc4=NC3=O)c(O)n2-c2cccc(C)c2)c1. The highest BCUT2D eigenvalue weighted by atomic mass is 32.1. The van der Waals surface area contributed by atoms with Crippen molar-refractivity contribution in [1.82, 2.24) is 4.57 Å². The highest BCUT2D eigenvalue weighted by Gasteiger charge is 2.26. The average molecular weight is 440 g/mol. The molecule has 0 saturated carbocycles. The minimum absolute atomic E-state index is 0.0140. The molecule has 158 valence electrons. The molecule has 3 aromatic carbocycles. The Bertz CT molecular complexity index is 1590. The van der Waals surface area contributed by atoms with E-state index in [0.717, 1.165) is 33.3 Å². The Labute approximate surface area is 189 Å². The number of thiazole rings is 1. The summed E-state index contributed by atoms with van der Waals surface area (Å²) in [5.41, 5.74) is 5.16. The Morgan fingerprint density at radius 2 is 1.62 bits per heavy atom. The zero-order valence-electron chi connectivity index (χ0n) is 18.0. The smallest absolute Gasteiger partial charge is 0.279 e. The zero-order chi connectivity index (χ0) is 22.4. The van der Waals surface area contributed by atoms with Gasteiger partial charge in [0.2, 0.25) is 5.88 Å². The van der Waals surface area contributed by atoms with Crippen LogP contribution in [0.3, 0.4) is 0 Å². The molecule has 5 rings (SSSR count). The summed E-state index contributed by atoms with van der Waals surface area (Å²) in [5, 5.41) is 12.7. The number of hydrogen-bond donors (Lipinski definition) is 1. The minimum Gasteiger partial charge on any atom is -0.493 e. The number of carbonyl (C=O) groups excluding carboxylic acids is 1. The van der Waals surface area contributed by atoms with Crippen LogP contribution < -0.4 is 15.4 Å². The molecule has 1 aliphatic rings. The maximum absolute atomic E-state index is 12.9. The molecule has 0 aliphatic carbocycles. The summed E-state index contributed by atoms with van der Waals surface area (Å²) in [7, 11) is 0. The van der Waals surface area contributed by atoms with Gasteiger partial charge >= 0.3 is 0 Å². The van der Waals surface area contributed by atoms with E-state index in [-0.39, 0.29) is 11.8 Å². The first-order chi connectivity index (χ1) is 15.4. The molecule has 0 bridgehead atoms. The molecule has 1 N–H and O–H groups in total. The lowest BCUT2D eigenvalue weighted by atomic mass is 10.1. The van der Waals surface area contributed by atoms with Crippen LogP contribution in [0.5, 0.6) is 5.88 Å². The quantitative estimate of drug-likeness (QED) is 0.528. The van der Waals surface area contributed by atoms with E-state index in [0.29, 0.717) is 20.6 Å². The molecule has 0 fully saturated rings. The first-order valence-corrected chi connectivity index (χ1v) is 11.1. The van der Waals surface area contributed by atoms with Crippen LogP contribution in [0.1, 0.15) is 21.6 Å². The molecule has 5 nitrogen and oxygen atoms in total. The normalized spacial score (nSPS) is 13.4. The second-order valence-corrected chi connectivity index (χ2v) is 8.95. The van der Waals surface area contributed by atoms with E-state index in [9.17, 15) is 9.90 Å². The lowest BCUT2D eigenvalue weighted by Gasteiger charge is -2.07. The molecule has 0 unspecified atom stereocenters. The molecule has 2 heterocycles. The number of fused-ring (bicyclic) bond motifs is 1. The van der Waals surface area contributed by atoms with Crippen LogP contribution in [0.15, 0.2) is 76.7 Å². The van der Waals surface area contributed by atoms with Gasteiger partial charge < -0.3 is 5.11 Å². The molecular formula is C26H21N3O2S. The van der Waals surface area contributed by atoms with Crippen LogP contribution in [0.25, 0.3) is 11.3 Å². The van der Waals surface area contributed by atoms with Crippen LogP contribution in [0.4, 0.5) is 5.69 Å². The van der Waals surface area contributed by atoms with Crippen LogP contribution in [-0.4, -0.2) is 15.6 Å². The van der Waals surface area contributed by atoms with Gasteiger partial charge in [-0.25, -0.2) is 9.98 Å². The fraction of sp³-hybridized carbons (Fsp3) is 0.115. The van der Waals surface area contributed by atoms with E-state index in [2.05, 4.69) is 4.99 Å². The summed E-state index contributed by atoms with van der Waals surface area (Å²) >= 11 is 1.29. The summed E-state index contributed by atoms with van der Waals surface area (Å²) in [6.45, 7) is 5.98. The fourth-order valence-corrected chi connectivity index (χ4v) is 4.96. The van der Waals surface area contributed by atoms with Crippen LogP contribution in [-0.2, 0) is 4.79 Å². The van der Waals surface area contributed by atoms with Crippen molar-refractivity contribution in [2.24, 2.45) is 9.98 Å². The number of aryl methyl sites for hydroxylation is 3. The number of carbonyl (C=O) groups is 1. The van der Waals surface area contributed by atoms with Crippen molar-refractivity contribution in [2.75, 3.05) is 0 Å². The first-order valence-electron chi connectivity index (χ1n) is 10.3. The highest BCUT2D eigenvalue weighted by Crippen LogP contribution is 2.31. The fourth-order valence-electron chi connectivity index (χ4n) is 3.87. The third kappa shape index (κ3) is 3.48. The number of benzene rings is 3. The number of aromatic nitrogens is 1. The monoisotopic (exact) mass is 439 g/mol. The van der Waals surface area contributed by atoms with E-state index < -0.39 is 0 Å². The Morgan fingerprint density at radius 3 is 2.38 bits per heavy atom. The number of nitrogens with zero attached hydrogens (tertiary/aromatic N) is 3. The van der Waals surface area contributed by atoms with Gasteiger partial charge in [0.05, 0.1) is 22.3 Å². The van der Waals surface area contributed by atoms with Gasteiger partial charge in [0.25, 0.3) is 5.91 Å². The lowest BCUT2D eigenvalue weighted by molar-refractivity contribution is -0.112. The Hall–Kier alpha value is -3.77. The number of hydrogen-bond acceptors (Lipinski definition) is 4. The second kappa shape index (κ2) is 7.73. The third-order valence-electron chi connectivity index (χ3n) is 5.37. The molecule has 1 amide bonds.